The first-order valence-corrected chi connectivity index (χ1v) is 20.8. The van der Waals surface area contributed by atoms with Crippen molar-refractivity contribution in [3.8, 4) is 22.4 Å². The Labute approximate surface area is 324 Å². The Balaban J connectivity index is 1.27. The van der Waals surface area contributed by atoms with Crippen LogP contribution in [0.1, 0.15) is 0 Å². The van der Waals surface area contributed by atoms with Crippen molar-refractivity contribution in [3.05, 3.63) is 206 Å². The summed E-state index contributed by atoms with van der Waals surface area (Å²) in [5.74, 6) is 0. The Morgan fingerprint density at radius 2 is 0.768 bits per heavy atom. The van der Waals surface area contributed by atoms with Gasteiger partial charge in [-0.1, -0.05) is 194 Å². The summed E-state index contributed by atoms with van der Waals surface area (Å²) in [5, 5.41) is 15.3. The van der Waals surface area contributed by atoms with Gasteiger partial charge in [0.1, 0.15) is 0 Å². The second-order valence-electron chi connectivity index (χ2n) is 14.5. The maximum absolute atomic E-state index is 15.8. The molecule has 0 unspecified atom stereocenters. The number of rotatable bonds is 5. The van der Waals surface area contributed by atoms with Gasteiger partial charge in [0, 0.05) is 37.6 Å². The molecule has 1 aromatic heterocycles. The lowest BCUT2D eigenvalue weighted by Gasteiger charge is -2.23. The Hall–Kier alpha value is -6.86. The van der Waals surface area contributed by atoms with E-state index in [0.29, 0.717) is 0 Å². The average Bonchev–Trinajstić information content (AvgIpc) is 3.28. The standard InChI is InChI=1S/C53H34NOP/c55-56(36-20-6-2-7-21-36,37-22-8-3-9-23-37)49-33-32-42(38-24-10-14-28-43(38)49)47-34-48-50(44-29-15-13-27-41(44)47)51-45-30-16-11-25-39(45)40-26-12-17-31-46(40)52(51)53(54-48)35-18-4-1-5-19-35/h1-34H. The first kappa shape index (κ1) is 32.6. The Morgan fingerprint density at radius 1 is 0.339 bits per heavy atom. The molecule has 10 aromatic carbocycles. The van der Waals surface area contributed by atoms with Crippen LogP contribution in [-0.4, -0.2) is 4.98 Å². The van der Waals surface area contributed by atoms with E-state index in [0.717, 1.165) is 70.7 Å². The van der Waals surface area contributed by atoms with E-state index in [2.05, 4.69) is 146 Å². The molecule has 3 heteroatoms. The zero-order valence-electron chi connectivity index (χ0n) is 30.4. The topological polar surface area (TPSA) is 30.0 Å². The molecule has 2 nitrogen and oxygen atoms in total. The van der Waals surface area contributed by atoms with E-state index in [9.17, 15) is 0 Å². The van der Waals surface area contributed by atoms with Crippen molar-refractivity contribution in [1.82, 2.24) is 4.98 Å². The highest BCUT2D eigenvalue weighted by molar-refractivity contribution is 7.85. The predicted molar refractivity (Wildman–Crippen MR) is 240 cm³/mol. The fourth-order valence-corrected chi connectivity index (χ4v) is 11.9. The highest BCUT2D eigenvalue weighted by Gasteiger charge is 2.32. The average molecular weight is 732 g/mol. The van der Waals surface area contributed by atoms with Crippen molar-refractivity contribution in [2.24, 2.45) is 0 Å². The maximum Gasteiger partial charge on any atom is 0.171 e. The van der Waals surface area contributed by atoms with Crippen LogP contribution in [-0.2, 0) is 4.57 Å². The monoisotopic (exact) mass is 731 g/mol. The first-order valence-electron chi connectivity index (χ1n) is 19.1. The molecule has 0 saturated carbocycles. The van der Waals surface area contributed by atoms with Crippen LogP contribution in [0.4, 0.5) is 0 Å². The lowest BCUT2D eigenvalue weighted by atomic mass is 9.86. The maximum atomic E-state index is 15.8. The molecule has 0 aliphatic rings. The number of hydrogen-bond acceptors (Lipinski definition) is 2. The molecule has 262 valence electrons. The van der Waals surface area contributed by atoms with Crippen LogP contribution in [0.15, 0.2) is 206 Å². The van der Waals surface area contributed by atoms with Gasteiger partial charge < -0.3 is 4.57 Å². The highest BCUT2D eigenvalue weighted by atomic mass is 31.2. The molecule has 0 spiro atoms. The summed E-state index contributed by atoms with van der Waals surface area (Å²) in [4.78, 5) is 5.64. The number of aromatic nitrogens is 1. The van der Waals surface area contributed by atoms with Crippen LogP contribution in [0, 0.1) is 0 Å². The number of fused-ring (bicyclic) bond motifs is 11. The van der Waals surface area contributed by atoms with Gasteiger partial charge in [-0.2, -0.15) is 0 Å². The van der Waals surface area contributed by atoms with E-state index < -0.39 is 7.14 Å². The number of pyridine rings is 1. The third-order valence-corrected chi connectivity index (χ3v) is 14.6. The molecule has 0 fully saturated rings. The smallest absolute Gasteiger partial charge is 0.171 e. The number of nitrogens with zero attached hydrogens (tertiary/aromatic N) is 1. The summed E-state index contributed by atoms with van der Waals surface area (Å²) < 4.78 is 15.8. The fourth-order valence-electron chi connectivity index (χ4n) is 9.06. The minimum atomic E-state index is -3.24. The van der Waals surface area contributed by atoms with E-state index in [1.54, 1.807) is 0 Å². The summed E-state index contributed by atoms with van der Waals surface area (Å²) in [5.41, 5.74) is 5.19. The van der Waals surface area contributed by atoms with E-state index in [-0.39, 0.29) is 0 Å². The molecule has 0 N–H and O–H groups in total. The van der Waals surface area contributed by atoms with Crippen molar-refractivity contribution in [2.75, 3.05) is 0 Å². The lowest BCUT2D eigenvalue weighted by molar-refractivity contribution is 0.592. The first-order chi connectivity index (χ1) is 27.7. The molecule has 0 amide bonds. The second kappa shape index (κ2) is 12.9. The van der Waals surface area contributed by atoms with Crippen molar-refractivity contribution < 1.29 is 4.57 Å². The third-order valence-electron chi connectivity index (χ3n) is 11.5. The quantitative estimate of drug-likeness (QED) is 0.130. The molecule has 0 aliphatic carbocycles. The van der Waals surface area contributed by atoms with E-state index in [1.807, 2.05) is 60.7 Å². The van der Waals surface area contributed by atoms with Gasteiger partial charge in [0.15, 0.2) is 7.14 Å². The van der Waals surface area contributed by atoms with Crippen molar-refractivity contribution in [1.29, 1.82) is 0 Å². The van der Waals surface area contributed by atoms with E-state index in [4.69, 9.17) is 4.98 Å². The lowest BCUT2D eigenvalue weighted by Crippen LogP contribution is -2.25. The van der Waals surface area contributed by atoms with Crippen LogP contribution < -0.4 is 15.9 Å². The zero-order chi connectivity index (χ0) is 37.2. The van der Waals surface area contributed by atoms with Crippen LogP contribution in [0.25, 0.3) is 87.1 Å². The highest BCUT2D eigenvalue weighted by Crippen LogP contribution is 2.49. The minimum absolute atomic E-state index is 0.824. The van der Waals surface area contributed by atoms with Crippen LogP contribution in [0.5, 0.6) is 0 Å². The molecular formula is C53H34NOP. The summed E-state index contributed by atoms with van der Waals surface area (Å²) in [7, 11) is -3.24. The summed E-state index contributed by atoms with van der Waals surface area (Å²) >= 11 is 0. The minimum Gasteiger partial charge on any atom is -0.309 e. The molecule has 0 aliphatic heterocycles. The van der Waals surface area contributed by atoms with Gasteiger partial charge >= 0.3 is 0 Å². The van der Waals surface area contributed by atoms with Crippen molar-refractivity contribution >= 4 is 87.8 Å². The Bertz CT molecular complexity index is 3330. The largest absolute Gasteiger partial charge is 0.309 e. The number of benzene rings is 10. The van der Waals surface area contributed by atoms with Crippen molar-refractivity contribution in [2.45, 2.75) is 0 Å². The van der Waals surface area contributed by atoms with Gasteiger partial charge in [-0.25, -0.2) is 4.98 Å². The normalized spacial score (nSPS) is 12.0. The van der Waals surface area contributed by atoms with E-state index >= 15 is 4.57 Å². The SMILES string of the molecule is O=P(c1ccccc1)(c1ccccc1)c1ccc(-c2cc3nc(-c4ccccc4)c4c5ccccc5c5ccccc5c4c3c3ccccc23)c2ccccc12. The van der Waals surface area contributed by atoms with Crippen LogP contribution in [0.3, 0.4) is 0 Å². The van der Waals surface area contributed by atoms with Gasteiger partial charge in [-0.05, 0) is 66.3 Å². The number of hydrogen-bond donors (Lipinski definition) is 0. The van der Waals surface area contributed by atoms with Gasteiger partial charge in [0.25, 0.3) is 0 Å². The Kier molecular flexibility index (Phi) is 7.49. The zero-order valence-corrected chi connectivity index (χ0v) is 31.3. The Morgan fingerprint density at radius 3 is 1.34 bits per heavy atom. The molecule has 56 heavy (non-hydrogen) atoms. The van der Waals surface area contributed by atoms with Crippen molar-refractivity contribution in [3.63, 3.8) is 0 Å². The van der Waals surface area contributed by atoms with E-state index in [1.165, 1.54) is 32.3 Å². The molecule has 11 aromatic rings. The predicted octanol–water partition coefficient (Wildman–Crippen LogP) is 13.0. The second-order valence-corrected chi connectivity index (χ2v) is 17.2. The van der Waals surface area contributed by atoms with Crippen LogP contribution >= 0.6 is 7.14 Å². The molecule has 0 bridgehead atoms. The van der Waals surface area contributed by atoms with Gasteiger partial charge in [-0.15, -0.1) is 0 Å². The summed E-state index contributed by atoms with van der Waals surface area (Å²) in [6.45, 7) is 0. The molecular weight excluding hydrogens is 698 g/mol. The molecule has 1 heterocycles. The van der Waals surface area contributed by atoms with Gasteiger partial charge in [0.2, 0.25) is 0 Å². The van der Waals surface area contributed by atoms with Gasteiger partial charge in [0.05, 0.1) is 11.2 Å². The molecule has 0 atom stereocenters. The summed E-state index contributed by atoms with van der Waals surface area (Å²) in [6.07, 6.45) is 0. The van der Waals surface area contributed by atoms with Crippen LogP contribution in [0.2, 0.25) is 0 Å². The summed E-state index contributed by atoms with van der Waals surface area (Å²) in [6, 6.07) is 71.9. The fraction of sp³-hybridized carbons (Fsp3) is 0. The molecule has 0 radical (unpaired) electrons. The molecule has 0 saturated heterocycles. The molecule has 11 rings (SSSR count). The third kappa shape index (κ3) is 4.83. The van der Waals surface area contributed by atoms with Gasteiger partial charge in [-0.3, -0.25) is 0 Å².